The average Bonchev–Trinajstić information content (AvgIpc) is 3.44. The van der Waals surface area contributed by atoms with Gasteiger partial charge in [-0.15, -0.1) is 11.3 Å². The third-order valence-electron chi connectivity index (χ3n) is 8.15. The number of nitrogens with zero attached hydrogens (tertiary/aromatic N) is 2. The summed E-state index contributed by atoms with van der Waals surface area (Å²) in [6, 6.07) is 22.8. The first-order chi connectivity index (χ1) is 20.1. The highest BCUT2D eigenvalue weighted by Crippen LogP contribution is 2.46. The molecule has 0 radical (unpaired) electrons. The van der Waals surface area contributed by atoms with Gasteiger partial charge in [0.05, 0.1) is 17.8 Å². The number of halogens is 2. The van der Waals surface area contributed by atoms with E-state index in [1.807, 2.05) is 48.5 Å². The molecule has 2 heterocycles. The summed E-state index contributed by atoms with van der Waals surface area (Å²) in [6.07, 6.45) is 2.70. The van der Waals surface area contributed by atoms with Gasteiger partial charge in [-0.3, -0.25) is 9.59 Å². The molecule has 5 nitrogen and oxygen atoms in total. The molecule has 0 fully saturated rings. The van der Waals surface area contributed by atoms with Crippen molar-refractivity contribution in [1.29, 1.82) is 0 Å². The lowest BCUT2D eigenvalue weighted by atomic mass is 9.72. The van der Waals surface area contributed by atoms with Gasteiger partial charge in [-0.2, -0.15) is 0 Å². The number of hydrogen-bond acceptors (Lipinski definition) is 4. The van der Waals surface area contributed by atoms with Crippen LogP contribution in [0, 0.1) is 11.3 Å². The molecule has 0 saturated carbocycles. The van der Waals surface area contributed by atoms with Crippen molar-refractivity contribution in [2.45, 2.75) is 46.6 Å². The van der Waals surface area contributed by atoms with Crippen LogP contribution in [0.4, 0.5) is 16.4 Å². The van der Waals surface area contributed by atoms with E-state index in [4.69, 9.17) is 16.6 Å². The predicted octanol–water partition coefficient (Wildman–Crippen LogP) is 9.23. The number of anilines is 2. The van der Waals surface area contributed by atoms with Gasteiger partial charge in [0.1, 0.15) is 10.7 Å². The zero-order chi connectivity index (χ0) is 29.6. The van der Waals surface area contributed by atoms with Gasteiger partial charge in [-0.25, -0.2) is 4.99 Å². The first-order valence-corrected chi connectivity index (χ1v) is 16.0. The van der Waals surface area contributed by atoms with Crippen molar-refractivity contribution in [2.24, 2.45) is 16.3 Å². The second-order valence-corrected chi connectivity index (χ2v) is 14.4. The molecule has 1 aromatic heterocycles. The van der Waals surface area contributed by atoms with Crippen molar-refractivity contribution in [3.05, 3.63) is 109 Å². The minimum absolute atomic E-state index is 0.157. The highest BCUT2D eigenvalue weighted by molar-refractivity contribution is 9.10. The molecule has 214 valence electrons. The van der Waals surface area contributed by atoms with Crippen molar-refractivity contribution in [2.75, 3.05) is 10.2 Å². The molecule has 1 N–H and O–H groups in total. The number of benzene rings is 3. The van der Waals surface area contributed by atoms with Gasteiger partial charge in [0, 0.05) is 25.6 Å². The quantitative estimate of drug-likeness (QED) is 0.232. The molecule has 0 saturated heterocycles. The van der Waals surface area contributed by atoms with Crippen LogP contribution in [0.5, 0.6) is 0 Å². The number of amides is 2. The molecule has 1 aliphatic heterocycles. The van der Waals surface area contributed by atoms with Crippen LogP contribution in [0.3, 0.4) is 0 Å². The van der Waals surface area contributed by atoms with Gasteiger partial charge in [0.2, 0.25) is 0 Å². The van der Waals surface area contributed by atoms with Crippen molar-refractivity contribution in [1.82, 2.24) is 0 Å². The van der Waals surface area contributed by atoms with Gasteiger partial charge >= 0.3 is 0 Å². The number of rotatable bonds is 5. The van der Waals surface area contributed by atoms with E-state index in [1.165, 1.54) is 4.88 Å². The Labute approximate surface area is 263 Å². The molecule has 1 atom stereocenters. The second kappa shape index (κ2) is 11.4. The fraction of sp³-hybridized carbons (Fsp3) is 0.265. The molecule has 3 aromatic carbocycles. The van der Waals surface area contributed by atoms with Crippen molar-refractivity contribution in [3.63, 3.8) is 0 Å². The Balaban J connectivity index is 1.44. The van der Waals surface area contributed by atoms with Gasteiger partial charge in [0.15, 0.2) is 0 Å². The molecule has 2 amide bonds. The Morgan fingerprint density at radius 3 is 2.55 bits per heavy atom. The summed E-state index contributed by atoms with van der Waals surface area (Å²) >= 11 is 11.2. The molecule has 42 heavy (non-hydrogen) atoms. The Morgan fingerprint density at radius 2 is 1.83 bits per heavy atom. The van der Waals surface area contributed by atoms with E-state index in [1.54, 1.807) is 40.5 Å². The molecule has 8 heteroatoms. The maximum atomic E-state index is 14.0. The highest BCUT2D eigenvalue weighted by Gasteiger charge is 2.37. The number of carbonyl (C=O) groups excluding carboxylic acids is 2. The second-order valence-electron chi connectivity index (χ2n) is 11.9. The van der Waals surface area contributed by atoms with Gasteiger partial charge in [0.25, 0.3) is 11.8 Å². The van der Waals surface area contributed by atoms with Crippen LogP contribution in [0.1, 0.15) is 59.1 Å². The van der Waals surface area contributed by atoms with Gasteiger partial charge in [-0.05, 0) is 84.2 Å². The molecule has 0 bridgehead atoms. The smallest absolute Gasteiger partial charge is 0.277 e. The van der Waals surface area contributed by atoms with E-state index in [0.29, 0.717) is 39.4 Å². The third kappa shape index (κ3) is 5.70. The molecule has 1 aliphatic carbocycles. The summed E-state index contributed by atoms with van der Waals surface area (Å²) in [7, 11) is 0. The predicted molar refractivity (Wildman–Crippen MR) is 177 cm³/mol. The van der Waals surface area contributed by atoms with E-state index in [9.17, 15) is 9.59 Å². The van der Waals surface area contributed by atoms with Crippen LogP contribution in [0.25, 0.3) is 0 Å². The van der Waals surface area contributed by atoms with Crippen LogP contribution >= 0.6 is 38.9 Å². The van der Waals surface area contributed by atoms with Gasteiger partial charge in [-0.1, -0.05) is 78.6 Å². The molecule has 4 aromatic rings. The zero-order valence-electron chi connectivity index (χ0n) is 23.7. The van der Waals surface area contributed by atoms with Crippen LogP contribution < -0.4 is 10.2 Å². The number of carbonyl (C=O) groups is 2. The van der Waals surface area contributed by atoms with E-state index >= 15 is 0 Å². The third-order valence-corrected chi connectivity index (χ3v) is 10.0. The molecule has 0 spiro atoms. The first-order valence-electron chi connectivity index (χ1n) is 14.0. The average molecular weight is 661 g/mol. The molecule has 2 aliphatic rings. The SMILES string of the molecule is CC(C)(C)[C@@H]1CCc2c(sc(N=C3C(=O)N(Cc4ccccc4)c4ccc(Br)cc43)c2C(=O)Nc2ccc(Cl)cc2)C1. The topological polar surface area (TPSA) is 61.8 Å². The van der Waals surface area contributed by atoms with Crippen molar-refractivity contribution in [3.8, 4) is 0 Å². The van der Waals surface area contributed by atoms with Crippen LogP contribution in [-0.2, 0) is 24.2 Å². The van der Waals surface area contributed by atoms with E-state index < -0.39 is 0 Å². The Hall–Kier alpha value is -3.26. The fourth-order valence-corrected chi connectivity index (χ4v) is 7.56. The summed E-state index contributed by atoms with van der Waals surface area (Å²) in [4.78, 5) is 35.8. The van der Waals surface area contributed by atoms with Crippen LogP contribution in [0.15, 0.2) is 82.3 Å². The largest absolute Gasteiger partial charge is 0.322 e. The Morgan fingerprint density at radius 1 is 1.10 bits per heavy atom. The summed E-state index contributed by atoms with van der Waals surface area (Å²) in [6.45, 7) is 7.27. The maximum absolute atomic E-state index is 14.0. The summed E-state index contributed by atoms with van der Waals surface area (Å²) in [5, 5.41) is 4.23. The Bertz CT molecular complexity index is 1710. The van der Waals surface area contributed by atoms with E-state index in [-0.39, 0.29) is 17.2 Å². The fourth-order valence-electron chi connectivity index (χ4n) is 5.77. The summed E-state index contributed by atoms with van der Waals surface area (Å²) in [5.74, 6) is 0.113. The Kier molecular flexibility index (Phi) is 7.85. The van der Waals surface area contributed by atoms with Crippen molar-refractivity contribution >= 4 is 72.8 Å². The minimum Gasteiger partial charge on any atom is -0.322 e. The van der Waals surface area contributed by atoms with Gasteiger partial charge < -0.3 is 10.2 Å². The molecule has 0 unspecified atom stereocenters. The van der Waals surface area contributed by atoms with Crippen molar-refractivity contribution < 1.29 is 9.59 Å². The lowest BCUT2D eigenvalue weighted by Crippen LogP contribution is -2.29. The summed E-state index contributed by atoms with van der Waals surface area (Å²) < 4.78 is 0.863. The van der Waals surface area contributed by atoms with E-state index in [2.05, 4.69) is 42.0 Å². The number of hydrogen-bond donors (Lipinski definition) is 1. The molecular weight excluding hydrogens is 630 g/mol. The standard InChI is InChI=1S/C34H31BrClN3O2S/c1-34(2,3)21-9-15-25-28(17-21)42-32(29(25)31(40)37-24-13-11-23(36)12-14-24)38-30-26-18-22(35)10-16-27(26)39(33(30)41)19-20-7-5-4-6-8-20/h4-8,10-14,16,18,21H,9,15,17,19H2,1-3H3,(H,37,40)/t21-/m1/s1. The number of fused-ring (bicyclic) bond motifs is 2. The first kappa shape index (κ1) is 28.8. The monoisotopic (exact) mass is 659 g/mol. The maximum Gasteiger partial charge on any atom is 0.277 e. The highest BCUT2D eigenvalue weighted by atomic mass is 79.9. The normalized spacial score (nSPS) is 17.4. The number of thiophene rings is 1. The minimum atomic E-state index is -0.218. The zero-order valence-corrected chi connectivity index (χ0v) is 26.9. The molecular formula is C34H31BrClN3O2S. The lowest BCUT2D eigenvalue weighted by Gasteiger charge is -2.33. The molecule has 6 rings (SSSR count). The van der Waals surface area contributed by atoms with E-state index in [0.717, 1.165) is 46.1 Å². The summed E-state index contributed by atoms with van der Waals surface area (Å²) in [5.41, 5.74) is 5.39. The van der Waals surface area contributed by atoms with Crippen LogP contribution in [0.2, 0.25) is 5.02 Å². The van der Waals surface area contributed by atoms with Crippen LogP contribution in [-0.4, -0.2) is 17.5 Å². The lowest BCUT2D eigenvalue weighted by molar-refractivity contribution is -0.112. The number of nitrogens with one attached hydrogen (secondary N) is 1. The number of aliphatic imine (C=N–C) groups is 1.